The molecule has 19 heavy (non-hydrogen) atoms. The molecule has 1 aromatic carbocycles. The minimum Gasteiger partial charge on any atom is -0.258 e. The molecule has 0 aliphatic heterocycles. The molecule has 0 saturated heterocycles. The zero-order valence-electron chi connectivity index (χ0n) is 9.46. The van der Waals surface area contributed by atoms with E-state index in [0.717, 1.165) is 6.07 Å². The van der Waals surface area contributed by atoms with Gasteiger partial charge in [-0.05, 0) is 22.9 Å². The molecule has 0 radical (unpaired) electrons. The van der Waals surface area contributed by atoms with Gasteiger partial charge in [-0.1, -0.05) is 12.1 Å². The van der Waals surface area contributed by atoms with Crippen LogP contribution in [-0.4, -0.2) is 19.6 Å². The second-order valence-corrected chi connectivity index (χ2v) is 5.87. The van der Waals surface area contributed by atoms with E-state index in [4.69, 9.17) is 0 Å². The SMILES string of the molecule is O=[N+]([O-])c1ccccc1S(=O)(=O)/N=C/c1ccsc1. The minimum absolute atomic E-state index is 0.411. The first kappa shape index (κ1) is 13.4. The average Bonchev–Trinajstić information content (AvgIpc) is 2.89. The molecule has 6 nitrogen and oxygen atoms in total. The molecule has 0 atom stereocenters. The van der Waals surface area contributed by atoms with E-state index < -0.39 is 25.5 Å². The van der Waals surface area contributed by atoms with Gasteiger partial charge < -0.3 is 0 Å². The highest BCUT2D eigenvalue weighted by Crippen LogP contribution is 2.24. The van der Waals surface area contributed by atoms with Crippen LogP contribution in [0.1, 0.15) is 5.56 Å². The predicted octanol–water partition coefficient (Wildman–Crippen LogP) is 2.46. The van der Waals surface area contributed by atoms with E-state index in [-0.39, 0.29) is 0 Å². The Hall–Kier alpha value is -2.06. The van der Waals surface area contributed by atoms with Crippen molar-refractivity contribution in [2.45, 2.75) is 4.90 Å². The fourth-order valence-corrected chi connectivity index (χ4v) is 3.00. The Kier molecular flexibility index (Phi) is 3.72. The number of hydrogen-bond acceptors (Lipinski definition) is 5. The lowest BCUT2D eigenvalue weighted by Gasteiger charge is -1.99. The van der Waals surface area contributed by atoms with E-state index in [0.29, 0.717) is 5.56 Å². The number of sulfonamides is 1. The van der Waals surface area contributed by atoms with Crippen LogP contribution in [0, 0.1) is 10.1 Å². The second-order valence-electron chi connectivity index (χ2n) is 3.49. The molecule has 2 rings (SSSR count). The maximum absolute atomic E-state index is 12.0. The number of nitrogens with zero attached hydrogens (tertiary/aromatic N) is 2. The quantitative estimate of drug-likeness (QED) is 0.492. The molecular weight excluding hydrogens is 288 g/mol. The molecule has 8 heteroatoms. The lowest BCUT2D eigenvalue weighted by molar-refractivity contribution is -0.387. The van der Waals surface area contributed by atoms with Crippen molar-refractivity contribution >= 4 is 33.3 Å². The van der Waals surface area contributed by atoms with Crippen LogP contribution in [0.5, 0.6) is 0 Å². The van der Waals surface area contributed by atoms with Crippen molar-refractivity contribution in [3.05, 3.63) is 56.8 Å². The van der Waals surface area contributed by atoms with Crippen LogP contribution in [0.25, 0.3) is 0 Å². The molecule has 0 aliphatic carbocycles. The van der Waals surface area contributed by atoms with E-state index in [9.17, 15) is 18.5 Å². The molecule has 0 N–H and O–H groups in total. The summed E-state index contributed by atoms with van der Waals surface area (Å²) in [6, 6.07) is 6.81. The van der Waals surface area contributed by atoms with Gasteiger partial charge in [-0.2, -0.15) is 24.2 Å². The maximum atomic E-state index is 12.0. The number of nitro groups is 1. The molecule has 0 bridgehead atoms. The monoisotopic (exact) mass is 296 g/mol. The summed E-state index contributed by atoms with van der Waals surface area (Å²) >= 11 is 1.40. The van der Waals surface area contributed by atoms with Crippen LogP contribution in [0.2, 0.25) is 0 Å². The summed E-state index contributed by atoms with van der Waals surface area (Å²) in [5.41, 5.74) is 0.150. The molecule has 0 spiro atoms. The summed E-state index contributed by atoms with van der Waals surface area (Å²) in [6.45, 7) is 0. The van der Waals surface area contributed by atoms with Crippen LogP contribution in [0.15, 0.2) is 50.4 Å². The molecule has 1 aromatic heterocycles. The number of hydrogen-bond donors (Lipinski definition) is 0. The number of nitro benzene ring substituents is 1. The Morgan fingerprint density at radius 3 is 2.63 bits per heavy atom. The Morgan fingerprint density at radius 2 is 2.00 bits per heavy atom. The van der Waals surface area contributed by atoms with Crippen molar-refractivity contribution in [2.75, 3.05) is 0 Å². The average molecular weight is 296 g/mol. The standard InChI is InChI=1S/C11H8N2O4S2/c14-13(15)10-3-1-2-4-11(10)19(16,17)12-7-9-5-6-18-8-9/h1-8H/b12-7+. The van der Waals surface area contributed by atoms with Gasteiger partial charge in [-0.3, -0.25) is 10.1 Å². The maximum Gasteiger partial charge on any atom is 0.289 e. The topological polar surface area (TPSA) is 89.6 Å². The van der Waals surface area contributed by atoms with E-state index in [1.54, 1.807) is 16.8 Å². The third-order valence-electron chi connectivity index (χ3n) is 2.22. The van der Waals surface area contributed by atoms with Gasteiger partial charge in [0.05, 0.1) is 4.92 Å². The smallest absolute Gasteiger partial charge is 0.258 e. The molecule has 0 saturated carbocycles. The third kappa shape index (κ3) is 3.04. The number of para-hydroxylation sites is 1. The first-order valence-corrected chi connectivity index (χ1v) is 7.45. The van der Waals surface area contributed by atoms with Gasteiger partial charge in [0, 0.05) is 17.8 Å². The summed E-state index contributed by atoms with van der Waals surface area (Å²) in [6.07, 6.45) is 1.17. The van der Waals surface area contributed by atoms with Crippen molar-refractivity contribution in [2.24, 2.45) is 4.40 Å². The molecular formula is C11H8N2O4S2. The highest BCUT2D eigenvalue weighted by molar-refractivity contribution is 7.90. The molecule has 0 aliphatic rings. The fraction of sp³-hybridized carbons (Fsp3) is 0. The molecule has 0 unspecified atom stereocenters. The second kappa shape index (κ2) is 5.29. The largest absolute Gasteiger partial charge is 0.289 e. The Balaban J connectivity index is 2.43. The fourth-order valence-electron chi connectivity index (χ4n) is 1.36. The first-order chi connectivity index (χ1) is 9.00. The Labute approximate surface area is 113 Å². The summed E-state index contributed by atoms with van der Waals surface area (Å²) in [5, 5.41) is 14.3. The highest BCUT2D eigenvalue weighted by Gasteiger charge is 2.23. The van der Waals surface area contributed by atoms with E-state index in [2.05, 4.69) is 4.40 Å². The van der Waals surface area contributed by atoms with Crippen LogP contribution in [0.4, 0.5) is 5.69 Å². The van der Waals surface area contributed by atoms with Gasteiger partial charge in [-0.15, -0.1) is 0 Å². The van der Waals surface area contributed by atoms with Crippen molar-refractivity contribution in [3.63, 3.8) is 0 Å². The third-order valence-corrected chi connectivity index (χ3v) is 4.21. The van der Waals surface area contributed by atoms with Crippen molar-refractivity contribution in [1.29, 1.82) is 0 Å². The number of benzene rings is 1. The van der Waals surface area contributed by atoms with Crippen molar-refractivity contribution in [1.82, 2.24) is 0 Å². The molecule has 2 aromatic rings. The van der Waals surface area contributed by atoms with E-state index >= 15 is 0 Å². The Bertz CT molecular complexity index is 721. The predicted molar refractivity (Wildman–Crippen MR) is 72.2 cm³/mol. The van der Waals surface area contributed by atoms with Gasteiger partial charge in [-0.25, -0.2) is 0 Å². The van der Waals surface area contributed by atoms with Gasteiger partial charge >= 0.3 is 0 Å². The molecule has 98 valence electrons. The number of rotatable bonds is 4. The number of thiophene rings is 1. The van der Waals surface area contributed by atoms with Crippen LogP contribution < -0.4 is 0 Å². The normalized spacial score (nSPS) is 11.8. The van der Waals surface area contributed by atoms with Crippen LogP contribution >= 0.6 is 11.3 Å². The summed E-state index contributed by atoms with van der Waals surface area (Å²) < 4.78 is 27.4. The van der Waals surface area contributed by atoms with Crippen LogP contribution in [0.3, 0.4) is 0 Å². The molecule has 0 amide bonds. The highest BCUT2D eigenvalue weighted by atomic mass is 32.2. The Morgan fingerprint density at radius 1 is 1.26 bits per heavy atom. The van der Waals surface area contributed by atoms with Gasteiger partial charge in [0.2, 0.25) is 0 Å². The lowest BCUT2D eigenvalue weighted by Crippen LogP contribution is -2.02. The molecule has 1 heterocycles. The first-order valence-electron chi connectivity index (χ1n) is 5.07. The zero-order chi connectivity index (χ0) is 13.9. The van der Waals surface area contributed by atoms with Gasteiger partial charge in [0.1, 0.15) is 0 Å². The van der Waals surface area contributed by atoms with Crippen molar-refractivity contribution in [3.8, 4) is 0 Å². The summed E-state index contributed by atoms with van der Waals surface area (Å²) in [5.74, 6) is 0. The zero-order valence-corrected chi connectivity index (χ0v) is 11.1. The van der Waals surface area contributed by atoms with E-state index in [1.807, 2.05) is 0 Å². The lowest BCUT2D eigenvalue weighted by atomic mass is 10.3. The van der Waals surface area contributed by atoms with Gasteiger partial charge in [0.15, 0.2) is 4.90 Å². The van der Waals surface area contributed by atoms with Crippen molar-refractivity contribution < 1.29 is 13.3 Å². The molecule has 0 fully saturated rings. The minimum atomic E-state index is -4.08. The summed E-state index contributed by atoms with van der Waals surface area (Å²) in [4.78, 5) is 9.64. The van der Waals surface area contributed by atoms with Gasteiger partial charge in [0.25, 0.3) is 15.7 Å². The van der Waals surface area contributed by atoms with Crippen LogP contribution in [-0.2, 0) is 10.0 Å². The summed E-state index contributed by atoms with van der Waals surface area (Å²) in [7, 11) is -4.08. The van der Waals surface area contributed by atoms with E-state index in [1.165, 1.54) is 35.8 Å².